The highest BCUT2D eigenvalue weighted by Crippen LogP contribution is 2.17. The van der Waals surface area contributed by atoms with Gasteiger partial charge in [-0.1, -0.05) is 17.7 Å². The average molecular weight is 323 g/mol. The van der Waals surface area contributed by atoms with Gasteiger partial charge >= 0.3 is 5.97 Å². The van der Waals surface area contributed by atoms with Crippen LogP contribution in [0.25, 0.3) is 0 Å². The molecule has 2 rings (SSSR count). The van der Waals surface area contributed by atoms with Crippen LogP contribution in [0.15, 0.2) is 41.5 Å². The van der Waals surface area contributed by atoms with Crippen molar-refractivity contribution in [1.29, 1.82) is 0 Å². The van der Waals surface area contributed by atoms with E-state index in [1.807, 2.05) is 0 Å². The lowest BCUT2D eigenvalue weighted by atomic mass is 10.2. The quantitative estimate of drug-likeness (QED) is 0.670. The Morgan fingerprint density at radius 2 is 1.95 bits per heavy atom. The molecule has 0 saturated heterocycles. The molecule has 21 heavy (non-hydrogen) atoms. The number of amides is 1. The molecule has 1 amide bonds. The zero-order valence-corrected chi connectivity index (χ0v) is 12.5. The molecule has 0 radical (unpaired) electrons. The van der Waals surface area contributed by atoms with Crippen molar-refractivity contribution in [3.05, 3.63) is 56.7 Å². The molecule has 0 bridgehead atoms. The van der Waals surface area contributed by atoms with Crippen molar-refractivity contribution in [2.24, 2.45) is 5.10 Å². The normalized spacial score (nSPS) is 11.2. The fraction of sp³-hybridized carbons (Fsp3) is 0.0714. The minimum atomic E-state index is -0.984. The second-order valence-corrected chi connectivity index (χ2v) is 5.64. The molecule has 5 nitrogen and oxygen atoms in total. The molecule has 0 atom stereocenters. The molecule has 1 heterocycles. The molecule has 2 aromatic rings. The smallest absolute Gasteiger partial charge is 0.345 e. The maximum absolute atomic E-state index is 11.9. The molecule has 1 aromatic carbocycles. The molecule has 7 heteroatoms. The van der Waals surface area contributed by atoms with Crippen LogP contribution in [0.4, 0.5) is 0 Å². The number of aromatic carboxylic acids is 1. The number of nitrogens with one attached hydrogen (secondary N) is 1. The number of carbonyl (C=O) groups is 2. The molecular weight excluding hydrogens is 312 g/mol. The molecule has 0 spiro atoms. The summed E-state index contributed by atoms with van der Waals surface area (Å²) >= 11 is 6.91. The van der Waals surface area contributed by atoms with E-state index < -0.39 is 5.97 Å². The van der Waals surface area contributed by atoms with Gasteiger partial charge in [0.1, 0.15) is 4.88 Å². The Balaban J connectivity index is 2.09. The molecule has 1 aromatic heterocycles. The monoisotopic (exact) mass is 322 g/mol. The molecule has 2 N–H and O–H groups in total. The zero-order valence-electron chi connectivity index (χ0n) is 11.0. The van der Waals surface area contributed by atoms with Gasteiger partial charge in [0.2, 0.25) is 0 Å². The summed E-state index contributed by atoms with van der Waals surface area (Å²) in [6.07, 6.45) is 0. The Labute approximate surface area is 129 Å². The van der Waals surface area contributed by atoms with Crippen molar-refractivity contribution in [1.82, 2.24) is 5.43 Å². The largest absolute Gasteiger partial charge is 0.477 e. The standard InChI is InChI=1S/C14H11ClN2O3S/c1-8(11-5-6-12(21-11)14(19)20)16-17-13(18)9-3-2-4-10(15)7-9/h2-7H,1H3,(H,17,18)(H,19,20)/b16-8-. The highest BCUT2D eigenvalue weighted by molar-refractivity contribution is 7.15. The van der Waals surface area contributed by atoms with E-state index in [0.717, 1.165) is 11.3 Å². The number of hydrogen-bond donors (Lipinski definition) is 2. The number of hydrazone groups is 1. The third-order valence-corrected chi connectivity index (χ3v) is 4.00. The lowest BCUT2D eigenvalue weighted by molar-refractivity contribution is 0.0702. The average Bonchev–Trinajstić information content (AvgIpc) is 2.94. The molecular formula is C14H11ClN2O3S. The summed E-state index contributed by atoms with van der Waals surface area (Å²) in [7, 11) is 0. The number of nitrogens with zero attached hydrogens (tertiary/aromatic N) is 1. The van der Waals surface area contributed by atoms with Gasteiger partial charge in [0.25, 0.3) is 5.91 Å². The van der Waals surface area contributed by atoms with Crippen LogP contribution in [0.3, 0.4) is 0 Å². The summed E-state index contributed by atoms with van der Waals surface area (Å²) < 4.78 is 0. The van der Waals surface area contributed by atoms with Crippen LogP contribution in [0.2, 0.25) is 5.02 Å². The predicted octanol–water partition coefficient (Wildman–Crippen LogP) is 3.25. The van der Waals surface area contributed by atoms with Gasteiger partial charge in [-0.05, 0) is 37.3 Å². The van der Waals surface area contributed by atoms with Crippen LogP contribution >= 0.6 is 22.9 Å². The second kappa shape index (κ2) is 6.51. The van der Waals surface area contributed by atoms with Crippen LogP contribution in [0, 0.1) is 0 Å². The number of halogens is 1. The lowest BCUT2D eigenvalue weighted by Gasteiger charge is -2.01. The first-order valence-corrected chi connectivity index (χ1v) is 7.10. The van der Waals surface area contributed by atoms with E-state index in [4.69, 9.17) is 16.7 Å². The molecule has 0 unspecified atom stereocenters. The van der Waals surface area contributed by atoms with Crippen LogP contribution in [-0.2, 0) is 0 Å². The number of rotatable bonds is 4. The Kier molecular flexibility index (Phi) is 4.72. The van der Waals surface area contributed by atoms with Gasteiger partial charge in [0, 0.05) is 10.6 Å². The number of carboxylic acid groups (broad SMARTS) is 1. The highest BCUT2D eigenvalue weighted by atomic mass is 35.5. The minimum Gasteiger partial charge on any atom is -0.477 e. The molecule has 0 aliphatic carbocycles. The number of thiophene rings is 1. The molecule has 0 fully saturated rings. The van der Waals surface area contributed by atoms with Gasteiger partial charge in [-0.15, -0.1) is 11.3 Å². The molecule has 0 saturated carbocycles. The van der Waals surface area contributed by atoms with E-state index >= 15 is 0 Å². The predicted molar refractivity (Wildman–Crippen MR) is 82.4 cm³/mol. The van der Waals surface area contributed by atoms with Gasteiger partial charge < -0.3 is 5.11 Å². The van der Waals surface area contributed by atoms with Gasteiger partial charge in [-0.2, -0.15) is 5.10 Å². The van der Waals surface area contributed by atoms with E-state index in [0.29, 0.717) is 21.2 Å². The molecule has 0 aliphatic heterocycles. The number of carboxylic acids is 1. The van der Waals surface area contributed by atoms with Crippen LogP contribution < -0.4 is 5.43 Å². The van der Waals surface area contributed by atoms with E-state index in [-0.39, 0.29) is 10.8 Å². The lowest BCUT2D eigenvalue weighted by Crippen LogP contribution is -2.19. The summed E-state index contributed by atoms with van der Waals surface area (Å²) in [6, 6.07) is 9.66. The Hall–Kier alpha value is -2.18. The first-order valence-electron chi connectivity index (χ1n) is 5.91. The molecule has 0 aliphatic rings. The van der Waals surface area contributed by atoms with Crippen molar-refractivity contribution >= 4 is 40.5 Å². The van der Waals surface area contributed by atoms with Crippen LogP contribution in [0.5, 0.6) is 0 Å². The third-order valence-electron chi connectivity index (χ3n) is 2.59. The fourth-order valence-corrected chi connectivity index (χ4v) is 2.51. The zero-order chi connectivity index (χ0) is 15.4. The summed E-state index contributed by atoms with van der Waals surface area (Å²) in [6.45, 7) is 1.69. The second-order valence-electron chi connectivity index (χ2n) is 4.12. The van der Waals surface area contributed by atoms with Crippen LogP contribution in [0.1, 0.15) is 31.8 Å². The summed E-state index contributed by atoms with van der Waals surface area (Å²) in [5.74, 6) is -1.37. The Morgan fingerprint density at radius 1 is 1.24 bits per heavy atom. The summed E-state index contributed by atoms with van der Waals surface area (Å²) in [4.78, 5) is 23.6. The van der Waals surface area contributed by atoms with Crippen molar-refractivity contribution in [2.75, 3.05) is 0 Å². The van der Waals surface area contributed by atoms with Crippen LogP contribution in [-0.4, -0.2) is 22.7 Å². The number of carbonyl (C=O) groups excluding carboxylic acids is 1. The molecule has 108 valence electrons. The Bertz CT molecular complexity index is 725. The number of benzene rings is 1. The van der Waals surface area contributed by atoms with Gasteiger partial charge in [0.05, 0.1) is 10.6 Å². The van der Waals surface area contributed by atoms with E-state index in [1.165, 1.54) is 12.1 Å². The van der Waals surface area contributed by atoms with E-state index in [9.17, 15) is 9.59 Å². The van der Waals surface area contributed by atoms with Crippen molar-refractivity contribution in [3.63, 3.8) is 0 Å². The van der Waals surface area contributed by atoms with Crippen molar-refractivity contribution < 1.29 is 14.7 Å². The number of hydrogen-bond acceptors (Lipinski definition) is 4. The topological polar surface area (TPSA) is 78.8 Å². The van der Waals surface area contributed by atoms with E-state index in [1.54, 1.807) is 31.2 Å². The summed E-state index contributed by atoms with van der Waals surface area (Å²) in [5, 5.41) is 13.3. The van der Waals surface area contributed by atoms with E-state index in [2.05, 4.69) is 10.5 Å². The SMILES string of the molecule is C/C(=N/NC(=O)c1cccc(Cl)c1)c1ccc(C(=O)O)s1. The first kappa shape index (κ1) is 15.2. The van der Waals surface area contributed by atoms with Gasteiger partial charge in [-0.25, -0.2) is 10.2 Å². The summed E-state index contributed by atoms with van der Waals surface area (Å²) in [5.41, 5.74) is 3.34. The maximum atomic E-state index is 11.9. The Morgan fingerprint density at radius 3 is 2.57 bits per heavy atom. The minimum absolute atomic E-state index is 0.223. The highest BCUT2D eigenvalue weighted by Gasteiger charge is 2.09. The van der Waals surface area contributed by atoms with Gasteiger partial charge in [-0.3, -0.25) is 4.79 Å². The maximum Gasteiger partial charge on any atom is 0.345 e. The van der Waals surface area contributed by atoms with Crippen molar-refractivity contribution in [2.45, 2.75) is 6.92 Å². The fourth-order valence-electron chi connectivity index (χ4n) is 1.53. The first-order chi connectivity index (χ1) is 9.97. The third kappa shape index (κ3) is 3.90. The van der Waals surface area contributed by atoms with Gasteiger partial charge in [0.15, 0.2) is 0 Å². The van der Waals surface area contributed by atoms with Crippen molar-refractivity contribution in [3.8, 4) is 0 Å².